The molecule has 3 aromatic carbocycles. The molecule has 0 bridgehead atoms. The van der Waals surface area contributed by atoms with Crippen molar-refractivity contribution in [3.05, 3.63) is 88.7 Å². The van der Waals surface area contributed by atoms with Crippen molar-refractivity contribution in [2.45, 2.75) is 6.92 Å². The summed E-state index contributed by atoms with van der Waals surface area (Å²) in [4.78, 5) is 16.4. The highest BCUT2D eigenvalue weighted by atomic mass is 16.5. The van der Waals surface area contributed by atoms with Gasteiger partial charge in [-0.2, -0.15) is 0 Å². The van der Waals surface area contributed by atoms with Crippen LogP contribution in [0, 0.1) is 6.92 Å². The monoisotopic (exact) mass is 341 g/mol. The summed E-state index contributed by atoms with van der Waals surface area (Å²) in [7, 11) is 1.62. The summed E-state index contributed by atoms with van der Waals surface area (Å²) < 4.78 is 5.25. The molecule has 26 heavy (non-hydrogen) atoms. The summed E-state index contributed by atoms with van der Waals surface area (Å²) in [5.74, 6) is 0.729. The third-order valence-corrected chi connectivity index (χ3v) is 4.68. The Morgan fingerprint density at radius 1 is 0.808 bits per heavy atom. The zero-order chi connectivity index (χ0) is 18.1. The number of pyridine rings is 1. The molecule has 0 radical (unpaired) electrons. The average Bonchev–Trinajstić information content (AvgIpc) is 2.68. The van der Waals surface area contributed by atoms with Gasteiger partial charge in [-0.15, -0.1) is 0 Å². The van der Waals surface area contributed by atoms with E-state index in [1.807, 2.05) is 55.5 Å². The Kier molecular flexibility index (Phi) is 4.05. The van der Waals surface area contributed by atoms with Crippen LogP contribution in [0.2, 0.25) is 0 Å². The Labute approximate surface area is 151 Å². The maximum absolute atomic E-state index is 13.0. The number of methoxy groups -OCH3 is 1. The van der Waals surface area contributed by atoms with Gasteiger partial charge in [0.05, 0.1) is 12.6 Å². The standard InChI is InChI=1S/C23H19NO2/c1-15-22(23(25)20-13-12-19(26-2)14-21(20)24-15)18-10-8-17(9-11-18)16-6-4-3-5-7-16/h3-14H,1-2H3,(H,24,25). The van der Waals surface area contributed by atoms with Crippen LogP contribution < -0.4 is 10.2 Å². The molecule has 0 saturated heterocycles. The Balaban J connectivity index is 1.83. The Hall–Kier alpha value is -3.33. The van der Waals surface area contributed by atoms with E-state index in [1.165, 1.54) is 0 Å². The highest BCUT2D eigenvalue weighted by Crippen LogP contribution is 2.26. The van der Waals surface area contributed by atoms with Crippen molar-refractivity contribution in [3.63, 3.8) is 0 Å². The number of aromatic nitrogens is 1. The molecule has 0 spiro atoms. The highest BCUT2D eigenvalue weighted by Gasteiger charge is 2.12. The van der Waals surface area contributed by atoms with Gasteiger partial charge in [-0.25, -0.2) is 0 Å². The number of fused-ring (bicyclic) bond motifs is 1. The van der Waals surface area contributed by atoms with E-state index >= 15 is 0 Å². The van der Waals surface area contributed by atoms with Crippen molar-refractivity contribution in [2.75, 3.05) is 7.11 Å². The number of ether oxygens (including phenoxy) is 1. The fraction of sp³-hybridized carbons (Fsp3) is 0.0870. The van der Waals surface area contributed by atoms with Gasteiger partial charge in [-0.1, -0.05) is 54.6 Å². The van der Waals surface area contributed by atoms with Gasteiger partial charge in [0.1, 0.15) is 5.75 Å². The molecular formula is C23H19NO2. The van der Waals surface area contributed by atoms with Gasteiger partial charge in [0, 0.05) is 22.7 Å². The van der Waals surface area contributed by atoms with Crippen LogP contribution in [-0.2, 0) is 0 Å². The summed E-state index contributed by atoms with van der Waals surface area (Å²) in [6.07, 6.45) is 0. The third-order valence-electron chi connectivity index (χ3n) is 4.68. The predicted octanol–water partition coefficient (Wildman–Crippen LogP) is 5.18. The van der Waals surface area contributed by atoms with E-state index in [4.69, 9.17) is 4.74 Å². The van der Waals surface area contributed by atoms with Gasteiger partial charge in [-0.05, 0) is 35.7 Å². The van der Waals surface area contributed by atoms with E-state index in [0.29, 0.717) is 10.9 Å². The molecule has 4 rings (SSSR count). The topological polar surface area (TPSA) is 42.1 Å². The smallest absolute Gasteiger partial charge is 0.197 e. The molecule has 0 atom stereocenters. The summed E-state index contributed by atoms with van der Waals surface area (Å²) in [6, 6.07) is 23.8. The minimum Gasteiger partial charge on any atom is -0.497 e. The zero-order valence-electron chi connectivity index (χ0n) is 14.7. The average molecular weight is 341 g/mol. The summed E-state index contributed by atoms with van der Waals surface area (Å²) in [5.41, 5.74) is 5.60. The minimum atomic E-state index is 0.0337. The van der Waals surface area contributed by atoms with E-state index < -0.39 is 0 Å². The highest BCUT2D eigenvalue weighted by molar-refractivity contribution is 5.86. The summed E-state index contributed by atoms with van der Waals surface area (Å²) in [6.45, 7) is 1.93. The first-order valence-electron chi connectivity index (χ1n) is 8.54. The van der Waals surface area contributed by atoms with Crippen LogP contribution in [0.1, 0.15) is 5.69 Å². The summed E-state index contributed by atoms with van der Waals surface area (Å²) >= 11 is 0. The zero-order valence-corrected chi connectivity index (χ0v) is 14.7. The van der Waals surface area contributed by atoms with Crippen LogP contribution in [0.15, 0.2) is 77.6 Å². The minimum absolute atomic E-state index is 0.0337. The van der Waals surface area contributed by atoms with Gasteiger partial charge >= 0.3 is 0 Å². The lowest BCUT2D eigenvalue weighted by atomic mass is 9.98. The van der Waals surface area contributed by atoms with Crippen LogP contribution in [0.25, 0.3) is 33.2 Å². The molecule has 1 heterocycles. The van der Waals surface area contributed by atoms with E-state index in [0.717, 1.165) is 33.7 Å². The quantitative estimate of drug-likeness (QED) is 0.558. The first-order valence-corrected chi connectivity index (χ1v) is 8.54. The fourth-order valence-corrected chi connectivity index (χ4v) is 3.33. The Morgan fingerprint density at radius 3 is 2.15 bits per heavy atom. The number of H-pyrrole nitrogens is 1. The molecule has 0 saturated carbocycles. The van der Waals surface area contributed by atoms with Crippen molar-refractivity contribution in [1.29, 1.82) is 0 Å². The number of rotatable bonds is 3. The second-order valence-corrected chi connectivity index (χ2v) is 6.31. The first-order chi connectivity index (χ1) is 12.7. The molecule has 4 aromatic rings. The molecule has 1 N–H and O–H groups in total. The van der Waals surface area contributed by atoms with E-state index in [1.54, 1.807) is 7.11 Å². The molecule has 0 aliphatic heterocycles. The molecule has 0 aliphatic rings. The molecule has 0 amide bonds. The lowest BCUT2D eigenvalue weighted by Gasteiger charge is -2.10. The van der Waals surface area contributed by atoms with Gasteiger partial charge in [0.25, 0.3) is 0 Å². The number of hydrogen-bond donors (Lipinski definition) is 1. The number of hydrogen-bond acceptors (Lipinski definition) is 2. The maximum Gasteiger partial charge on any atom is 0.197 e. The van der Waals surface area contributed by atoms with Gasteiger partial charge in [0.2, 0.25) is 0 Å². The Morgan fingerprint density at radius 2 is 1.46 bits per heavy atom. The maximum atomic E-state index is 13.0. The number of nitrogens with one attached hydrogen (secondary N) is 1. The van der Waals surface area contributed by atoms with Crippen molar-refractivity contribution in [1.82, 2.24) is 4.98 Å². The predicted molar refractivity (Wildman–Crippen MR) is 107 cm³/mol. The van der Waals surface area contributed by atoms with E-state index in [9.17, 15) is 4.79 Å². The number of benzene rings is 3. The van der Waals surface area contributed by atoms with Crippen molar-refractivity contribution in [2.24, 2.45) is 0 Å². The van der Waals surface area contributed by atoms with Crippen LogP contribution in [0.5, 0.6) is 5.75 Å². The van der Waals surface area contributed by atoms with E-state index in [2.05, 4.69) is 29.2 Å². The van der Waals surface area contributed by atoms with Gasteiger partial charge < -0.3 is 9.72 Å². The summed E-state index contributed by atoms with van der Waals surface area (Å²) in [5, 5.41) is 0.665. The third kappa shape index (κ3) is 2.78. The Bertz CT molecular complexity index is 1130. The van der Waals surface area contributed by atoms with Crippen molar-refractivity contribution >= 4 is 10.9 Å². The van der Waals surface area contributed by atoms with Crippen LogP contribution in [0.3, 0.4) is 0 Å². The van der Waals surface area contributed by atoms with Gasteiger partial charge in [0.15, 0.2) is 5.43 Å². The van der Waals surface area contributed by atoms with Crippen LogP contribution >= 0.6 is 0 Å². The molecule has 0 aliphatic carbocycles. The van der Waals surface area contributed by atoms with Crippen LogP contribution in [0.4, 0.5) is 0 Å². The second kappa shape index (κ2) is 6.52. The molecule has 3 nitrogen and oxygen atoms in total. The SMILES string of the molecule is COc1ccc2c(=O)c(-c3ccc(-c4ccccc4)cc3)c(C)[nH]c2c1. The fourth-order valence-electron chi connectivity index (χ4n) is 3.33. The molecule has 3 heteroatoms. The lowest BCUT2D eigenvalue weighted by molar-refractivity contribution is 0.415. The number of aromatic amines is 1. The first kappa shape index (κ1) is 16.2. The van der Waals surface area contributed by atoms with Crippen molar-refractivity contribution in [3.8, 4) is 28.0 Å². The molecular weight excluding hydrogens is 322 g/mol. The lowest BCUT2D eigenvalue weighted by Crippen LogP contribution is -2.09. The molecule has 128 valence electrons. The second-order valence-electron chi connectivity index (χ2n) is 6.31. The molecule has 0 unspecified atom stereocenters. The van der Waals surface area contributed by atoms with Crippen LogP contribution in [-0.4, -0.2) is 12.1 Å². The number of aryl methyl sites for hydroxylation is 1. The molecule has 0 fully saturated rings. The van der Waals surface area contributed by atoms with Gasteiger partial charge in [-0.3, -0.25) is 4.79 Å². The largest absolute Gasteiger partial charge is 0.497 e. The normalized spacial score (nSPS) is 10.8. The van der Waals surface area contributed by atoms with E-state index in [-0.39, 0.29) is 5.43 Å². The van der Waals surface area contributed by atoms with Crippen molar-refractivity contribution < 1.29 is 4.74 Å². The molecule has 1 aromatic heterocycles.